The van der Waals surface area contributed by atoms with Gasteiger partial charge >= 0.3 is 6.03 Å². The summed E-state index contributed by atoms with van der Waals surface area (Å²) in [5, 5.41) is 5.73. The first-order valence-corrected chi connectivity index (χ1v) is 7.39. The molecule has 1 aliphatic carbocycles. The lowest BCUT2D eigenvalue weighted by molar-refractivity contribution is 0.0712. The molecule has 4 nitrogen and oxygen atoms in total. The first-order chi connectivity index (χ1) is 10.1. The molecule has 1 aliphatic rings. The van der Waals surface area contributed by atoms with Crippen LogP contribution in [0.25, 0.3) is 0 Å². The van der Waals surface area contributed by atoms with Gasteiger partial charge in [-0.15, -0.1) is 0 Å². The van der Waals surface area contributed by atoms with Crippen molar-refractivity contribution in [2.24, 2.45) is 5.41 Å². The Hall–Kier alpha value is -1.62. The largest absolute Gasteiger partial charge is 0.385 e. The minimum atomic E-state index is -0.270. The van der Waals surface area contributed by atoms with Crippen molar-refractivity contribution in [2.45, 2.75) is 32.2 Å². The topological polar surface area (TPSA) is 50.4 Å². The Balaban J connectivity index is 1.70. The van der Waals surface area contributed by atoms with E-state index in [0.29, 0.717) is 13.1 Å². The molecule has 2 amide bonds. The fraction of sp³-hybridized carbons (Fsp3) is 0.562. The van der Waals surface area contributed by atoms with Gasteiger partial charge < -0.3 is 15.4 Å². The Morgan fingerprint density at radius 3 is 2.57 bits per heavy atom. The number of benzene rings is 1. The number of urea groups is 1. The molecule has 21 heavy (non-hydrogen) atoms. The van der Waals surface area contributed by atoms with Gasteiger partial charge in [-0.3, -0.25) is 0 Å². The molecule has 0 spiro atoms. The summed E-state index contributed by atoms with van der Waals surface area (Å²) in [6, 6.07) is 5.94. The summed E-state index contributed by atoms with van der Waals surface area (Å²) < 4.78 is 17.9. The first-order valence-electron chi connectivity index (χ1n) is 7.39. The molecule has 1 saturated carbocycles. The highest BCUT2D eigenvalue weighted by atomic mass is 19.1. The fourth-order valence-corrected chi connectivity index (χ4v) is 2.63. The molecule has 1 fully saturated rings. The van der Waals surface area contributed by atoms with E-state index in [0.717, 1.165) is 31.4 Å². The SMILES string of the molecule is COCCC1(CNC(=O)NCc2ccc(F)cc2)CCC1. The van der Waals surface area contributed by atoms with E-state index in [1.165, 1.54) is 18.6 Å². The van der Waals surface area contributed by atoms with Gasteiger partial charge in [0, 0.05) is 26.8 Å². The predicted molar refractivity (Wildman–Crippen MR) is 79.4 cm³/mol. The van der Waals surface area contributed by atoms with E-state index < -0.39 is 0 Å². The second-order valence-corrected chi connectivity index (χ2v) is 5.76. The lowest BCUT2D eigenvalue weighted by Crippen LogP contribution is -2.46. The molecule has 1 aromatic carbocycles. The van der Waals surface area contributed by atoms with Gasteiger partial charge in [-0.25, -0.2) is 9.18 Å². The Bertz CT molecular complexity index is 458. The number of ether oxygens (including phenoxy) is 1. The summed E-state index contributed by atoms with van der Waals surface area (Å²) in [5.41, 5.74) is 1.09. The molecule has 0 heterocycles. The quantitative estimate of drug-likeness (QED) is 0.812. The third-order valence-electron chi connectivity index (χ3n) is 4.24. The summed E-state index contributed by atoms with van der Waals surface area (Å²) in [6.45, 7) is 1.82. The summed E-state index contributed by atoms with van der Waals surface area (Å²) >= 11 is 0. The van der Waals surface area contributed by atoms with Crippen molar-refractivity contribution >= 4 is 6.03 Å². The molecule has 0 radical (unpaired) electrons. The summed E-state index contributed by atoms with van der Waals surface area (Å²) in [6.07, 6.45) is 4.51. The van der Waals surface area contributed by atoms with E-state index in [-0.39, 0.29) is 17.3 Å². The zero-order valence-electron chi connectivity index (χ0n) is 12.5. The highest BCUT2D eigenvalue weighted by Gasteiger charge is 2.36. The minimum absolute atomic E-state index is 0.178. The Kier molecular flexibility index (Phi) is 5.56. The Labute approximate surface area is 125 Å². The maximum Gasteiger partial charge on any atom is 0.315 e. The van der Waals surface area contributed by atoms with Crippen LogP contribution in [-0.4, -0.2) is 26.3 Å². The summed E-state index contributed by atoms with van der Waals surface area (Å²) in [4.78, 5) is 11.8. The van der Waals surface area contributed by atoms with Crippen molar-refractivity contribution in [3.63, 3.8) is 0 Å². The molecule has 2 rings (SSSR count). The molecule has 0 unspecified atom stereocenters. The highest BCUT2D eigenvalue weighted by Crippen LogP contribution is 2.43. The molecule has 116 valence electrons. The number of carbonyl (C=O) groups excluding carboxylic acids is 1. The van der Waals surface area contributed by atoms with Gasteiger partial charge in [0.1, 0.15) is 5.82 Å². The molecule has 0 aliphatic heterocycles. The molecule has 0 aromatic heterocycles. The predicted octanol–water partition coefficient (Wildman–Crippen LogP) is 2.83. The Morgan fingerprint density at radius 2 is 2.00 bits per heavy atom. The number of amides is 2. The van der Waals surface area contributed by atoms with E-state index in [1.54, 1.807) is 19.2 Å². The van der Waals surface area contributed by atoms with Crippen LogP contribution in [0.3, 0.4) is 0 Å². The van der Waals surface area contributed by atoms with Crippen LogP contribution in [0.15, 0.2) is 24.3 Å². The lowest BCUT2D eigenvalue weighted by atomic mass is 9.67. The summed E-state index contributed by atoms with van der Waals surface area (Å²) in [7, 11) is 1.70. The number of rotatable bonds is 7. The molecule has 0 atom stereocenters. The highest BCUT2D eigenvalue weighted by molar-refractivity contribution is 5.73. The van der Waals surface area contributed by atoms with E-state index in [9.17, 15) is 9.18 Å². The van der Waals surface area contributed by atoms with Crippen molar-refractivity contribution in [3.8, 4) is 0 Å². The third kappa shape index (κ3) is 4.70. The van der Waals surface area contributed by atoms with Crippen LogP contribution in [-0.2, 0) is 11.3 Å². The molecule has 1 aromatic rings. The number of methoxy groups -OCH3 is 1. The first kappa shape index (κ1) is 15.8. The smallest absolute Gasteiger partial charge is 0.315 e. The van der Waals surface area contributed by atoms with Gasteiger partial charge in [0.25, 0.3) is 0 Å². The standard InChI is InChI=1S/C16H23FN2O2/c1-21-10-9-16(7-2-8-16)12-19-15(20)18-11-13-3-5-14(17)6-4-13/h3-6H,2,7-12H2,1H3,(H2,18,19,20). The maximum absolute atomic E-state index is 12.8. The van der Waals surface area contributed by atoms with E-state index in [1.807, 2.05) is 0 Å². The molecular formula is C16H23FN2O2. The number of halogens is 1. The monoisotopic (exact) mass is 294 g/mol. The van der Waals surface area contributed by atoms with Crippen LogP contribution in [0.2, 0.25) is 0 Å². The molecule has 0 saturated heterocycles. The molecule has 2 N–H and O–H groups in total. The van der Waals surface area contributed by atoms with Crippen LogP contribution >= 0.6 is 0 Å². The average Bonchev–Trinajstić information content (AvgIpc) is 2.45. The normalized spacial score (nSPS) is 16.1. The minimum Gasteiger partial charge on any atom is -0.385 e. The average molecular weight is 294 g/mol. The number of nitrogens with one attached hydrogen (secondary N) is 2. The van der Waals surface area contributed by atoms with E-state index >= 15 is 0 Å². The van der Waals surface area contributed by atoms with Crippen LogP contribution in [0.5, 0.6) is 0 Å². The fourth-order valence-electron chi connectivity index (χ4n) is 2.63. The molecule has 5 heteroatoms. The Morgan fingerprint density at radius 1 is 1.29 bits per heavy atom. The number of hydrogen-bond acceptors (Lipinski definition) is 2. The second kappa shape index (κ2) is 7.41. The van der Waals surface area contributed by atoms with Gasteiger partial charge in [-0.05, 0) is 42.4 Å². The van der Waals surface area contributed by atoms with Gasteiger partial charge in [0.2, 0.25) is 0 Å². The van der Waals surface area contributed by atoms with E-state index in [4.69, 9.17) is 4.74 Å². The zero-order valence-corrected chi connectivity index (χ0v) is 12.5. The third-order valence-corrected chi connectivity index (χ3v) is 4.24. The number of hydrogen-bond donors (Lipinski definition) is 2. The summed E-state index contributed by atoms with van der Waals surface area (Å²) in [5.74, 6) is -0.270. The van der Waals surface area contributed by atoms with Crippen molar-refractivity contribution in [3.05, 3.63) is 35.6 Å². The zero-order chi connectivity index (χ0) is 15.1. The van der Waals surface area contributed by atoms with Crippen molar-refractivity contribution in [1.29, 1.82) is 0 Å². The van der Waals surface area contributed by atoms with Crippen LogP contribution in [0.1, 0.15) is 31.2 Å². The van der Waals surface area contributed by atoms with Crippen LogP contribution in [0.4, 0.5) is 9.18 Å². The second-order valence-electron chi connectivity index (χ2n) is 5.76. The molecular weight excluding hydrogens is 271 g/mol. The van der Waals surface area contributed by atoms with Crippen LogP contribution in [0, 0.1) is 11.2 Å². The van der Waals surface area contributed by atoms with Gasteiger partial charge in [-0.1, -0.05) is 18.6 Å². The van der Waals surface area contributed by atoms with Crippen molar-refractivity contribution in [2.75, 3.05) is 20.3 Å². The van der Waals surface area contributed by atoms with Crippen molar-refractivity contribution in [1.82, 2.24) is 10.6 Å². The van der Waals surface area contributed by atoms with E-state index in [2.05, 4.69) is 10.6 Å². The van der Waals surface area contributed by atoms with Crippen molar-refractivity contribution < 1.29 is 13.9 Å². The van der Waals surface area contributed by atoms with Gasteiger partial charge in [0.05, 0.1) is 0 Å². The van der Waals surface area contributed by atoms with Gasteiger partial charge in [0.15, 0.2) is 0 Å². The maximum atomic E-state index is 12.8. The lowest BCUT2D eigenvalue weighted by Gasteiger charge is -2.42. The number of carbonyl (C=O) groups is 1. The van der Waals surface area contributed by atoms with Gasteiger partial charge in [-0.2, -0.15) is 0 Å². The molecule has 0 bridgehead atoms. The van der Waals surface area contributed by atoms with Crippen LogP contribution < -0.4 is 10.6 Å².